The number of fused-ring (bicyclic) bond motifs is 1. The lowest BCUT2D eigenvalue weighted by Gasteiger charge is -2.23. The summed E-state index contributed by atoms with van der Waals surface area (Å²) in [4.78, 5) is 7.27. The molecule has 4 heteroatoms. The molecule has 3 nitrogen and oxygen atoms in total. The van der Waals surface area contributed by atoms with Gasteiger partial charge in [0, 0.05) is 15.8 Å². The minimum absolute atomic E-state index is 0.0318. The predicted molar refractivity (Wildman–Crippen MR) is 85.3 cm³/mol. The SMILES string of the molecule is Cc1ccc(C(C(C)N)n2c(C)nc3ccccc32)s1. The van der Waals surface area contributed by atoms with Gasteiger partial charge in [-0.25, -0.2) is 4.98 Å². The van der Waals surface area contributed by atoms with Gasteiger partial charge in [-0.15, -0.1) is 11.3 Å². The lowest BCUT2D eigenvalue weighted by Crippen LogP contribution is -2.30. The standard InChI is InChI=1S/C16H19N3S/c1-10-8-9-15(20-10)16(11(2)17)19-12(3)18-13-6-4-5-7-14(13)19/h4-9,11,16H,17H2,1-3H3. The molecule has 104 valence electrons. The number of hydrogen-bond acceptors (Lipinski definition) is 3. The van der Waals surface area contributed by atoms with Crippen LogP contribution in [-0.2, 0) is 0 Å². The molecule has 0 aliphatic rings. The summed E-state index contributed by atoms with van der Waals surface area (Å²) in [6.45, 7) is 6.25. The van der Waals surface area contributed by atoms with Gasteiger partial charge in [0.2, 0.25) is 0 Å². The van der Waals surface area contributed by atoms with Gasteiger partial charge < -0.3 is 10.3 Å². The maximum atomic E-state index is 6.29. The lowest BCUT2D eigenvalue weighted by molar-refractivity contribution is 0.505. The molecule has 2 unspecified atom stereocenters. The van der Waals surface area contributed by atoms with E-state index in [2.05, 4.69) is 60.7 Å². The molecule has 0 saturated heterocycles. The Morgan fingerprint density at radius 2 is 1.90 bits per heavy atom. The van der Waals surface area contributed by atoms with Crippen LogP contribution in [0.2, 0.25) is 0 Å². The van der Waals surface area contributed by atoms with Gasteiger partial charge in [-0.3, -0.25) is 0 Å². The Bertz CT molecular complexity index is 739. The summed E-state index contributed by atoms with van der Waals surface area (Å²) in [5, 5.41) is 0. The fourth-order valence-electron chi connectivity index (χ4n) is 2.75. The first-order chi connectivity index (χ1) is 9.58. The zero-order valence-corrected chi connectivity index (χ0v) is 12.8. The normalized spacial score (nSPS) is 14.6. The second kappa shape index (κ2) is 5.04. The van der Waals surface area contributed by atoms with Gasteiger partial charge in [0.05, 0.1) is 17.1 Å². The quantitative estimate of drug-likeness (QED) is 0.798. The van der Waals surface area contributed by atoms with Crippen LogP contribution in [0.25, 0.3) is 11.0 Å². The summed E-state index contributed by atoms with van der Waals surface area (Å²) < 4.78 is 2.27. The van der Waals surface area contributed by atoms with Crippen LogP contribution in [0.3, 0.4) is 0 Å². The van der Waals surface area contributed by atoms with Gasteiger partial charge in [-0.05, 0) is 45.0 Å². The highest BCUT2D eigenvalue weighted by Crippen LogP contribution is 2.32. The van der Waals surface area contributed by atoms with E-state index in [1.807, 2.05) is 17.4 Å². The molecular weight excluding hydrogens is 266 g/mol. The molecule has 1 aromatic carbocycles. The van der Waals surface area contributed by atoms with Crippen molar-refractivity contribution in [3.8, 4) is 0 Å². The number of nitrogens with zero attached hydrogens (tertiary/aromatic N) is 2. The molecule has 2 heterocycles. The van der Waals surface area contributed by atoms with Gasteiger partial charge in [0.15, 0.2) is 0 Å². The van der Waals surface area contributed by atoms with E-state index >= 15 is 0 Å². The third-order valence-electron chi connectivity index (χ3n) is 3.60. The monoisotopic (exact) mass is 285 g/mol. The average Bonchev–Trinajstić information content (AvgIpc) is 2.95. The molecule has 0 radical (unpaired) electrons. The first-order valence-corrected chi connectivity index (χ1v) is 7.65. The number of nitrogens with two attached hydrogens (primary N) is 1. The van der Waals surface area contributed by atoms with Crippen molar-refractivity contribution in [3.05, 3.63) is 52.0 Å². The average molecular weight is 285 g/mol. The predicted octanol–water partition coefficient (Wildman–Crippen LogP) is 3.65. The first kappa shape index (κ1) is 13.3. The number of imidazole rings is 1. The summed E-state index contributed by atoms with van der Waals surface area (Å²) in [6.07, 6.45) is 0. The van der Waals surface area contributed by atoms with Gasteiger partial charge in [-0.1, -0.05) is 12.1 Å². The van der Waals surface area contributed by atoms with Gasteiger partial charge in [0.25, 0.3) is 0 Å². The Morgan fingerprint density at radius 1 is 1.15 bits per heavy atom. The number of hydrogen-bond donors (Lipinski definition) is 1. The van der Waals surface area contributed by atoms with E-state index in [1.165, 1.54) is 9.75 Å². The maximum absolute atomic E-state index is 6.29. The van der Waals surface area contributed by atoms with Crippen LogP contribution in [0, 0.1) is 13.8 Å². The summed E-state index contributed by atoms with van der Waals surface area (Å²) >= 11 is 1.81. The maximum Gasteiger partial charge on any atom is 0.107 e. The van der Waals surface area contributed by atoms with E-state index in [1.54, 1.807) is 0 Å². The van der Waals surface area contributed by atoms with Gasteiger partial charge >= 0.3 is 0 Å². The number of rotatable bonds is 3. The van der Waals surface area contributed by atoms with Crippen LogP contribution in [-0.4, -0.2) is 15.6 Å². The molecule has 0 aliphatic carbocycles. The third-order valence-corrected chi connectivity index (χ3v) is 4.67. The van der Waals surface area contributed by atoms with Gasteiger partial charge in [-0.2, -0.15) is 0 Å². The number of thiophene rings is 1. The van der Waals surface area contributed by atoms with Crippen LogP contribution in [0.15, 0.2) is 36.4 Å². The minimum atomic E-state index is 0.0318. The molecule has 3 aromatic rings. The molecule has 2 atom stereocenters. The number of aryl methyl sites for hydroxylation is 2. The largest absolute Gasteiger partial charge is 0.326 e. The molecule has 0 aliphatic heterocycles. The molecule has 0 fully saturated rings. The topological polar surface area (TPSA) is 43.8 Å². The molecule has 2 N–H and O–H groups in total. The van der Waals surface area contributed by atoms with Crippen LogP contribution in [0.5, 0.6) is 0 Å². The third kappa shape index (κ3) is 2.15. The highest BCUT2D eigenvalue weighted by molar-refractivity contribution is 7.12. The highest BCUT2D eigenvalue weighted by Gasteiger charge is 2.23. The van der Waals surface area contributed by atoms with Crippen molar-refractivity contribution in [1.29, 1.82) is 0 Å². The summed E-state index contributed by atoms with van der Waals surface area (Å²) in [5.74, 6) is 1.01. The number of benzene rings is 1. The minimum Gasteiger partial charge on any atom is -0.326 e. The second-order valence-corrected chi connectivity index (χ2v) is 6.59. The Hall–Kier alpha value is -1.65. The molecule has 0 spiro atoms. The second-order valence-electron chi connectivity index (χ2n) is 5.27. The number of aromatic nitrogens is 2. The Kier molecular flexibility index (Phi) is 3.36. The van der Waals surface area contributed by atoms with E-state index in [4.69, 9.17) is 5.73 Å². The fraction of sp³-hybridized carbons (Fsp3) is 0.312. The highest BCUT2D eigenvalue weighted by atomic mass is 32.1. The van der Waals surface area contributed by atoms with Crippen LogP contribution in [0.1, 0.15) is 28.5 Å². The molecule has 2 aromatic heterocycles. The van der Waals surface area contributed by atoms with E-state index in [0.717, 1.165) is 16.9 Å². The summed E-state index contributed by atoms with van der Waals surface area (Å²) in [7, 11) is 0. The molecule has 0 amide bonds. The van der Waals surface area contributed by atoms with Crippen LogP contribution >= 0.6 is 11.3 Å². The van der Waals surface area contributed by atoms with Crippen LogP contribution in [0.4, 0.5) is 0 Å². The summed E-state index contributed by atoms with van der Waals surface area (Å²) in [6, 6.07) is 12.8. The van der Waals surface area contributed by atoms with E-state index in [9.17, 15) is 0 Å². The summed E-state index contributed by atoms with van der Waals surface area (Å²) in [5.41, 5.74) is 8.47. The van der Waals surface area contributed by atoms with Crippen molar-refractivity contribution in [1.82, 2.24) is 9.55 Å². The van der Waals surface area contributed by atoms with Crippen molar-refractivity contribution >= 4 is 22.4 Å². The smallest absolute Gasteiger partial charge is 0.107 e. The zero-order chi connectivity index (χ0) is 14.3. The zero-order valence-electron chi connectivity index (χ0n) is 12.0. The molecule has 3 rings (SSSR count). The molecular formula is C16H19N3S. The Labute approximate surface area is 123 Å². The molecule has 0 saturated carbocycles. The fourth-order valence-corrected chi connectivity index (χ4v) is 3.83. The lowest BCUT2D eigenvalue weighted by atomic mass is 10.1. The first-order valence-electron chi connectivity index (χ1n) is 6.83. The molecule has 0 bridgehead atoms. The number of para-hydroxylation sites is 2. The van der Waals surface area contributed by atoms with Crippen molar-refractivity contribution < 1.29 is 0 Å². The van der Waals surface area contributed by atoms with E-state index < -0.39 is 0 Å². The van der Waals surface area contributed by atoms with Crippen molar-refractivity contribution in [2.45, 2.75) is 32.9 Å². The molecule has 20 heavy (non-hydrogen) atoms. The van der Waals surface area contributed by atoms with Crippen molar-refractivity contribution in [3.63, 3.8) is 0 Å². The van der Waals surface area contributed by atoms with Crippen molar-refractivity contribution in [2.24, 2.45) is 5.73 Å². The van der Waals surface area contributed by atoms with E-state index in [0.29, 0.717) is 0 Å². The van der Waals surface area contributed by atoms with Crippen LogP contribution < -0.4 is 5.73 Å². The Morgan fingerprint density at radius 3 is 2.55 bits per heavy atom. The van der Waals surface area contributed by atoms with Crippen molar-refractivity contribution in [2.75, 3.05) is 0 Å². The van der Waals surface area contributed by atoms with Gasteiger partial charge in [0.1, 0.15) is 5.82 Å². The van der Waals surface area contributed by atoms with E-state index in [-0.39, 0.29) is 12.1 Å². The Balaban J connectivity index is 2.22.